The Labute approximate surface area is 175 Å². The van der Waals surface area contributed by atoms with E-state index in [9.17, 15) is 9.18 Å². The first-order chi connectivity index (χ1) is 14.6. The van der Waals surface area contributed by atoms with Crippen LogP contribution >= 0.6 is 11.6 Å². The standard InChI is InChI=1S/C21H14ClFN4O3/c22-18-7-8-19-25-20(13-3-6-16-17(9-13)30-11-29-16)15(27(19)26-18)10-24-21(28)12-1-4-14(23)5-2-12/h1-9H,10-11H2,(H,24,28). The largest absolute Gasteiger partial charge is 0.454 e. The summed E-state index contributed by atoms with van der Waals surface area (Å²) in [5.41, 5.74) is 2.98. The molecule has 5 rings (SSSR count). The molecule has 0 radical (unpaired) electrons. The molecule has 4 aromatic rings. The molecular weight excluding hydrogens is 411 g/mol. The van der Waals surface area contributed by atoms with Crippen LogP contribution in [0.15, 0.2) is 54.6 Å². The summed E-state index contributed by atoms with van der Waals surface area (Å²) in [6, 6.07) is 14.2. The third kappa shape index (κ3) is 3.31. The lowest BCUT2D eigenvalue weighted by Gasteiger charge is -2.08. The molecule has 0 atom stereocenters. The zero-order valence-electron chi connectivity index (χ0n) is 15.4. The van der Waals surface area contributed by atoms with Gasteiger partial charge >= 0.3 is 0 Å². The Morgan fingerprint density at radius 1 is 1.10 bits per heavy atom. The van der Waals surface area contributed by atoms with Crippen LogP contribution in [0.2, 0.25) is 5.15 Å². The highest BCUT2D eigenvalue weighted by molar-refractivity contribution is 6.29. The third-order valence-electron chi connectivity index (χ3n) is 4.71. The Kier molecular flexibility index (Phi) is 4.48. The summed E-state index contributed by atoms with van der Waals surface area (Å²) in [6.07, 6.45) is 0. The molecule has 7 nitrogen and oxygen atoms in total. The van der Waals surface area contributed by atoms with E-state index >= 15 is 0 Å². The monoisotopic (exact) mass is 424 g/mol. The fourth-order valence-electron chi connectivity index (χ4n) is 3.26. The Hall–Kier alpha value is -3.65. The van der Waals surface area contributed by atoms with Gasteiger partial charge in [0.2, 0.25) is 6.79 Å². The van der Waals surface area contributed by atoms with Crippen molar-refractivity contribution >= 4 is 23.2 Å². The number of hydrogen-bond acceptors (Lipinski definition) is 5. The molecule has 0 fully saturated rings. The number of aromatic nitrogens is 3. The van der Waals surface area contributed by atoms with Gasteiger partial charge < -0.3 is 14.8 Å². The van der Waals surface area contributed by atoms with Crippen LogP contribution in [-0.4, -0.2) is 27.3 Å². The van der Waals surface area contributed by atoms with E-state index < -0.39 is 5.82 Å². The lowest BCUT2D eigenvalue weighted by atomic mass is 10.1. The average Bonchev–Trinajstić information content (AvgIpc) is 3.36. The van der Waals surface area contributed by atoms with E-state index in [-0.39, 0.29) is 19.2 Å². The minimum atomic E-state index is -0.405. The highest BCUT2D eigenvalue weighted by atomic mass is 35.5. The van der Waals surface area contributed by atoms with Crippen LogP contribution < -0.4 is 14.8 Å². The molecule has 1 aliphatic heterocycles. The summed E-state index contributed by atoms with van der Waals surface area (Å²) in [6.45, 7) is 0.302. The summed E-state index contributed by atoms with van der Waals surface area (Å²) in [4.78, 5) is 17.2. The number of halogens is 2. The van der Waals surface area contributed by atoms with Gasteiger partial charge in [-0.15, -0.1) is 0 Å². The lowest BCUT2D eigenvalue weighted by Crippen LogP contribution is -2.24. The first-order valence-corrected chi connectivity index (χ1v) is 9.44. The predicted octanol–water partition coefficient (Wildman–Crippen LogP) is 3.85. The van der Waals surface area contributed by atoms with Crippen molar-refractivity contribution in [2.45, 2.75) is 6.54 Å². The highest BCUT2D eigenvalue weighted by Gasteiger charge is 2.20. The van der Waals surface area contributed by atoms with Crippen LogP contribution in [0.25, 0.3) is 16.9 Å². The van der Waals surface area contributed by atoms with Crippen LogP contribution in [0.4, 0.5) is 4.39 Å². The Balaban J connectivity index is 1.52. The van der Waals surface area contributed by atoms with Gasteiger partial charge in [-0.1, -0.05) is 11.6 Å². The number of carbonyl (C=O) groups excluding carboxylic acids is 1. The van der Waals surface area contributed by atoms with Crippen molar-refractivity contribution in [2.75, 3.05) is 6.79 Å². The maximum atomic E-state index is 13.1. The number of nitrogens with zero attached hydrogens (tertiary/aromatic N) is 3. The maximum Gasteiger partial charge on any atom is 0.251 e. The summed E-state index contributed by atoms with van der Waals surface area (Å²) < 4.78 is 25.5. The minimum absolute atomic E-state index is 0.133. The number of amides is 1. The van der Waals surface area contributed by atoms with Gasteiger partial charge in [0.05, 0.1) is 17.9 Å². The number of carbonyl (C=O) groups is 1. The van der Waals surface area contributed by atoms with Gasteiger partial charge in [0, 0.05) is 11.1 Å². The zero-order valence-corrected chi connectivity index (χ0v) is 16.2. The molecule has 1 amide bonds. The molecule has 9 heteroatoms. The summed E-state index contributed by atoms with van der Waals surface area (Å²) in [7, 11) is 0. The van der Waals surface area contributed by atoms with Gasteiger partial charge in [0.1, 0.15) is 11.0 Å². The smallest absolute Gasteiger partial charge is 0.251 e. The van der Waals surface area contributed by atoms with E-state index in [4.69, 9.17) is 21.1 Å². The molecule has 2 aromatic carbocycles. The summed E-state index contributed by atoms with van der Waals surface area (Å²) in [5, 5.41) is 7.45. The Morgan fingerprint density at radius 3 is 2.73 bits per heavy atom. The average molecular weight is 425 g/mol. The fourth-order valence-corrected chi connectivity index (χ4v) is 3.40. The normalized spacial score (nSPS) is 12.3. The molecule has 0 aliphatic carbocycles. The van der Waals surface area contributed by atoms with E-state index in [0.717, 1.165) is 5.56 Å². The fraction of sp³-hybridized carbons (Fsp3) is 0.0952. The van der Waals surface area contributed by atoms with Crippen LogP contribution in [0, 0.1) is 5.82 Å². The molecule has 0 saturated heterocycles. The quantitative estimate of drug-likeness (QED) is 0.538. The van der Waals surface area contributed by atoms with Crippen molar-refractivity contribution in [1.82, 2.24) is 19.9 Å². The number of nitrogens with one attached hydrogen (secondary N) is 1. The van der Waals surface area contributed by atoms with E-state index in [1.165, 1.54) is 24.3 Å². The van der Waals surface area contributed by atoms with Crippen molar-refractivity contribution in [3.63, 3.8) is 0 Å². The predicted molar refractivity (Wildman–Crippen MR) is 107 cm³/mol. The highest BCUT2D eigenvalue weighted by Crippen LogP contribution is 2.36. The first-order valence-electron chi connectivity index (χ1n) is 9.06. The van der Waals surface area contributed by atoms with Crippen LogP contribution in [-0.2, 0) is 6.54 Å². The molecular formula is C21H14ClFN4O3. The van der Waals surface area contributed by atoms with Gasteiger partial charge in [0.15, 0.2) is 17.1 Å². The number of rotatable bonds is 4. The molecule has 0 spiro atoms. The summed E-state index contributed by atoms with van der Waals surface area (Å²) >= 11 is 6.08. The second kappa shape index (κ2) is 7.31. The van der Waals surface area contributed by atoms with Crippen molar-refractivity contribution in [2.24, 2.45) is 0 Å². The molecule has 1 aliphatic rings. The van der Waals surface area contributed by atoms with Gasteiger partial charge in [0.25, 0.3) is 5.91 Å². The van der Waals surface area contributed by atoms with Crippen LogP contribution in [0.1, 0.15) is 16.1 Å². The minimum Gasteiger partial charge on any atom is -0.454 e. The van der Waals surface area contributed by atoms with Crippen molar-refractivity contribution < 1.29 is 18.7 Å². The van der Waals surface area contributed by atoms with E-state index in [0.29, 0.717) is 39.3 Å². The van der Waals surface area contributed by atoms with Crippen LogP contribution in [0.5, 0.6) is 11.5 Å². The van der Waals surface area contributed by atoms with Gasteiger partial charge in [-0.2, -0.15) is 5.10 Å². The number of ether oxygens (including phenoxy) is 2. The number of hydrogen-bond donors (Lipinski definition) is 1. The SMILES string of the molecule is O=C(NCc1c(-c2ccc3c(c2)OCO3)nc2ccc(Cl)nn12)c1ccc(F)cc1. The molecule has 150 valence electrons. The van der Waals surface area contributed by atoms with E-state index in [2.05, 4.69) is 15.4 Å². The topological polar surface area (TPSA) is 77.8 Å². The Bertz CT molecular complexity index is 1270. The number of imidazole rings is 1. The molecule has 0 bridgehead atoms. The molecule has 3 heterocycles. The van der Waals surface area contributed by atoms with Crippen molar-refractivity contribution in [1.29, 1.82) is 0 Å². The second-order valence-electron chi connectivity index (χ2n) is 6.59. The Morgan fingerprint density at radius 2 is 1.90 bits per heavy atom. The second-order valence-corrected chi connectivity index (χ2v) is 6.98. The van der Waals surface area contributed by atoms with Crippen molar-refractivity contribution in [3.8, 4) is 22.8 Å². The lowest BCUT2D eigenvalue weighted by molar-refractivity contribution is 0.0950. The molecule has 30 heavy (non-hydrogen) atoms. The third-order valence-corrected chi connectivity index (χ3v) is 4.91. The molecule has 2 aromatic heterocycles. The van der Waals surface area contributed by atoms with E-state index in [1.807, 2.05) is 18.2 Å². The molecule has 1 N–H and O–H groups in total. The van der Waals surface area contributed by atoms with E-state index in [1.54, 1.807) is 16.6 Å². The zero-order chi connectivity index (χ0) is 20.7. The summed E-state index contributed by atoms with van der Waals surface area (Å²) in [5.74, 6) is 0.535. The van der Waals surface area contributed by atoms with Gasteiger partial charge in [-0.05, 0) is 54.6 Å². The number of benzene rings is 2. The first kappa shape index (κ1) is 18.4. The molecule has 0 unspecified atom stereocenters. The van der Waals surface area contributed by atoms with Crippen molar-refractivity contribution in [3.05, 3.63) is 76.8 Å². The number of fused-ring (bicyclic) bond motifs is 2. The maximum absolute atomic E-state index is 13.1. The van der Waals surface area contributed by atoms with Crippen LogP contribution in [0.3, 0.4) is 0 Å². The van der Waals surface area contributed by atoms with Gasteiger partial charge in [-0.25, -0.2) is 13.9 Å². The van der Waals surface area contributed by atoms with Gasteiger partial charge in [-0.3, -0.25) is 4.79 Å². The molecule has 0 saturated carbocycles.